The van der Waals surface area contributed by atoms with Gasteiger partial charge < -0.3 is 10.6 Å². The van der Waals surface area contributed by atoms with Crippen LogP contribution in [0.5, 0.6) is 0 Å². The van der Waals surface area contributed by atoms with Crippen LogP contribution in [0.1, 0.15) is 29.2 Å². The van der Waals surface area contributed by atoms with E-state index >= 15 is 0 Å². The summed E-state index contributed by atoms with van der Waals surface area (Å²) in [6.45, 7) is 3.01. The third kappa shape index (κ3) is 5.88. The summed E-state index contributed by atoms with van der Waals surface area (Å²) in [5.41, 5.74) is 3.69. The van der Waals surface area contributed by atoms with Crippen LogP contribution in [-0.4, -0.2) is 23.7 Å². The van der Waals surface area contributed by atoms with Gasteiger partial charge in [-0.2, -0.15) is 11.8 Å². The van der Waals surface area contributed by atoms with Gasteiger partial charge in [-0.05, 0) is 48.7 Å². The molecule has 0 unspecified atom stereocenters. The second-order valence-corrected chi connectivity index (χ2v) is 6.89. The van der Waals surface area contributed by atoms with E-state index in [1.54, 1.807) is 0 Å². The fourth-order valence-corrected chi connectivity index (χ4v) is 3.02. The summed E-state index contributed by atoms with van der Waals surface area (Å²) in [5.74, 6) is 1.15. The second-order valence-electron chi connectivity index (χ2n) is 5.50. The molecule has 2 aromatic carbocycles. The van der Waals surface area contributed by atoms with Crippen LogP contribution in [0.25, 0.3) is 0 Å². The zero-order valence-corrected chi connectivity index (χ0v) is 15.3. The highest BCUT2D eigenvalue weighted by molar-refractivity contribution is 7.98. The maximum atomic E-state index is 5.48. The van der Waals surface area contributed by atoms with Gasteiger partial charge in [-0.3, -0.25) is 0 Å². The first-order valence-electron chi connectivity index (χ1n) is 7.85. The molecule has 0 bridgehead atoms. The van der Waals surface area contributed by atoms with Gasteiger partial charge in [-0.1, -0.05) is 60.2 Å². The summed E-state index contributed by atoms with van der Waals surface area (Å²) in [6, 6.07) is 19.1. The molecule has 0 aromatic heterocycles. The summed E-state index contributed by atoms with van der Waals surface area (Å²) in [7, 11) is 0. The number of hydrogen-bond donors (Lipinski definition) is 2. The van der Waals surface area contributed by atoms with E-state index in [1.165, 1.54) is 16.7 Å². The lowest BCUT2D eigenvalue weighted by atomic mass is 9.98. The van der Waals surface area contributed by atoms with E-state index in [1.807, 2.05) is 17.8 Å². The predicted octanol–water partition coefficient (Wildman–Crippen LogP) is 4.30. The Balaban J connectivity index is 2.08. The summed E-state index contributed by atoms with van der Waals surface area (Å²) < 4.78 is 0. The molecule has 1 atom stereocenters. The molecule has 2 N–H and O–H groups in total. The van der Waals surface area contributed by atoms with Crippen molar-refractivity contribution in [1.29, 1.82) is 0 Å². The van der Waals surface area contributed by atoms with E-state index in [2.05, 4.69) is 72.3 Å². The molecule has 2 aromatic rings. The SMILES string of the molecule is CSCCCNC(=S)N[C@H](c1ccccc1)c1ccc(C)cc1. The Morgan fingerprint density at radius 2 is 1.70 bits per heavy atom. The highest BCUT2D eigenvalue weighted by Crippen LogP contribution is 2.22. The highest BCUT2D eigenvalue weighted by Gasteiger charge is 2.14. The number of aryl methyl sites for hydroxylation is 1. The molecular formula is C19H24N2S2. The van der Waals surface area contributed by atoms with E-state index < -0.39 is 0 Å². The summed E-state index contributed by atoms with van der Waals surface area (Å²) in [6.07, 6.45) is 3.24. The van der Waals surface area contributed by atoms with Gasteiger partial charge in [-0.25, -0.2) is 0 Å². The lowest BCUT2D eigenvalue weighted by Crippen LogP contribution is -2.38. The maximum Gasteiger partial charge on any atom is 0.167 e. The molecule has 23 heavy (non-hydrogen) atoms. The van der Waals surface area contributed by atoms with E-state index in [4.69, 9.17) is 12.2 Å². The van der Waals surface area contributed by atoms with Gasteiger partial charge in [0.25, 0.3) is 0 Å². The second kappa shape index (κ2) is 9.58. The van der Waals surface area contributed by atoms with Crippen molar-refractivity contribution in [3.63, 3.8) is 0 Å². The summed E-state index contributed by atoms with van der Waals surface area (Å²) in [4.78, 5) is 0. The van der Waals surface area contributed by atoms with Crippen molar-refractivity contribution in [3.8, 4) is 0 Å². The van der Waals surface area contributed by atoms with Crippen LogP contribution in [0, 0.1) is 6.92 Å². The van der Waals surface area contributed by atoms with E-state index in [0.717, 1.165) is 18.7 Å². The first kappa shape index (κ1) is 17.8. The summed E-state index contributed by atoms with van der Waals surface area (Å²) in [5, 5.41) is 7.47. The van der Waals surface area contributed by atoms with Crippen molar-refractivity contribution in [2.24, 2.45) is 0 Å². The van der Waals surface area contributed by atoms with Gasteiger partial charge in [0.05, 0.1) is 6.04 Å². The first-order chi connectivity index (χ1) is 11.2. The van der Waals surface area contributed by atoms with Crippen LogP contribution in [0.3, 0.4) is 0 Å². The Morgan fingerprint density at radius 3 is 2.35 bits per heavy atom. The fraction of sp³-hybridized carbons (Fsp3) is 0.316. The number of benzene rings is 2. The Morgan fingerprint density at radius 1 is 1.04 bits per heavy atom. The minimum atomic E-state index is 0.0670. The fourth-order valence-electron chi connectivity index (χ4n) is 2.36. The summed E-state index contributed by atoms with van der Waals surface area (Å²) >= 11 is 7.34. The minimum Gasteiger partial charge on any atom is -0.363 e. The number of nitrogens with one attached hydrogen (secondary N) is 2. The lowest BCUT2D eigenvalue weighted by Gasteiger charge is -2.22. The molecule has 0 fully saturated rings. The third-order valence-corrected chi connectivity index (χ3v) is 4.59. The zero-order chi connectivity index (χ0) is 16.5. The van der Waals surface area contributed by atoms with Crippen LogP contribution in [-0.2, 0) is 0 Å². The van der Waals surface area contributed by atoms with E-state index in [0.29, 0.717) is 5.11 Å². The molecule has 2 nitrogen and oxygen atoms in total. The van der Waals surface area contributed by atoms with E-state index in [9.17, 15) is 0 Å². The van der Waals surface area contributed by atoms with Crippen molar-refractivity contribution in [3.05, 3.63) is 71.3 Å². The van der Waals surface area contributed by atoms with Crippen molar-refractivity contribution in [2.75, 3.05) is 18.6 Å². The van der Waals surface area contributed by atoms with Gasteiger partial charge in [0, 0.05) is 6.54 Å². The number of thiocarbonyl (C=S) groups is 1. The molecule has 0 saturated carbocycles. The highest BCUT2D eigenvalue weighted by atomic mass is 32.2. The van der Waals surface area contributed by atoms with Crippen LogP contribution in [0.4, 0.5) is 0 Å². The average molecular weight is 345 g/mol. The Kier molecular flexibility index (Phi) is 7.43. The number of thioether (sulfide) groups is 1. The van der Waals surface area contributed by atoms with Crippen molar-refractivity contribution >= 4 is 29.1 Å². The van der Waals surface area contributed by atoms with Gasteiger partial charge in [-0.15, -0.1) is 0 Å². The molecule has 4 heteroatoms. The van der Waals surface area contributed by atoms with Crippen LogP contribution >= 0.6 is 24.0 Å². The van der Waals surface area contributed by atoms with Crippen LogP contribution in [0.15, 0.2) is 54.6 Å². The Hall–Kier alpha value is -1.52. The number of rotatable bonds is 7. The van der Waals surface area contributed by atoms with E-state index in [-0.39, 0.29) is 6.04 Å². The average Bonchev–Trinajstić information content (AvgIpc) is 2.58. The molecule has 0 aliphatic rings. The normalized spacial score (nSPS) is 11.7. The number of hydrogen-bond acceptors (Lipinski definition) is 2. The van der Waals surface area contributed by atoms with Crippen molar-refractivity contribution < 1.29 is 0 Å². The van der Waals surface area contributed by atoms with Crippen molar-refractivity contribution in [2.45, 2.75) is 19.4 Å². The van der Waals surface area contributed by atoms with Gasteiger partial charge in [0.1, 0.15) is 0 Å². The largest absolute Gasteiger partial charge is 0.363 e. The minimum absolute atomic E-state index is 0.0670. The van der Waals surface area contributed by atoms with Crippen LogP contribution in [0.2, 0.25) is 0 Å². The molecule has 0 spiro atoms. The third-order valence-electron chi connectivity index (χ3n) is 3.63. The molecule has 0 heterocycles. The molecule has 0 amide bonds. The molecule has 2 rings (SSSR count). The maximum absolute atomic E-state index is 5.48. The van der Waals surface area contributed by atoms with Gasteiger partial charge in [0.2, 0.25) is 0 Å². The smallest absolute Gasteiger partial charge is 0.167 e. The molecule has 0 aliphatic heterocycles. The predicted molar refractivity (Wildman–Crippen MR) is 106 cm³/mol. The monoisotopic (exact) mass is 344 g/mol. The Labute approximate surface area is 149 Å². The zero-order valence-electron chi connectivity index (χ0n) is 13.7. The van der Waals surface area contributed by atoms with Crippen molar-refractivity contribution in [1.82, 2.24) is 10.6 Å². The quantitative estimate of drug-likeness (QED) is 0.578. The topological polar surface area (TPSA) is 24.1 Å². The standard InChI is InChI=1S/C19H24N2S2/c1-15-9-11-17(12-10-15)18(16-7-4-3-5-8-16)21-19(22)20-13-6-14-23-2/h3-5,7-12,18H,6,13-14H2,1-2H3,(H2,20,21,22)/t18-/m1/s1. The van der Waals surface area contributed by atoms with Gasteiger partial charge >= 0.3 is 0 Å². The molecular weight excluding hydrogens is 320 g/mol. The molecule has 0 radical (unpaired) electrons. The molecule has 0 aliphatic carbocycles. The lowest BCUT2D eigenvalue weighted by molar-refractivity contribution is 0.730. The Bertz CT molecular complexity index is 597. The molecule has 122 valence electrons. The first-order valence-corrected chi connectivity index (χ1v) is 9.65. The molecule has 0 saturated heterocycles. The van der Waals surface area contributed by atoms with Gasteiger partial charge in [0.15, 0.2) is 5.11 Å². The van der Waals surface area contributed by atoms with Crippen LogP contribution < -0.4 is 10.6 Å².